The number of hydrogen-bond acceptors (Lipinski definition) is 3. The van der Waals surface area contributed by atoms with Crippen molar-refractivity contribution < 1.29 is 14.9 Å². The SMILES string of the molecule is Oc1cc(O)c(I)c(OCc2ccccc2)c1. The second-order valence-electron chi connectivity index (χ2n) is 3.55. The Hall–Kier alpha value is -1.43. The fraction of sp³-hybridized carbons (Fsp3) is 0.0769. The molecule has 0 bridgehead atoms. The zero-order valence-corrected chi connectivity index (χ0v) is 11.1. The second kappa shape index (κ2) is 5.27. The average molecular weight is 342 g/mol. The normalized spacial score (nSPS) is 10.2. The molecule has 0 saturated carbocycles. The molecule has 2 rings (SSSR count). The lowest BCUT2D eigenvalue weighted by Gasteiger charge is -2.09. The predicted molar refractivity (Wildman–Crippen MR) is 73.3 cm³/mol. The van der Waals surface area contributed by atoms with Crippen LogP contribution in [-0.2, 0) is 6.61 Å². The predicted octanol–water partition coefficient (Wildman–Crippen LogP) is 3.28. The van der Waals surface area contributed by atoms with Gasteiger partial charge in [-0.05, 0) is 28.2 Å². The van der Waals surface area contributed by atoms with Crippen molar-refractivity contribution in [2.24, 2.45) is 0 Å². The lowest BCUT2D eigenvalue weighted by molar-refractivity contribution is 0.299. The highest BCUT2D eigenvalue weighted by atomic mass is 127. The molecule has 0 aromatic heterocycles. The number of hydrogen-bond donors (Lipinski definition) is 2. The summed E-state index contributed by atoms with van der Waals surface area (Å²) in [5, 5.41) is 18.9. The summed E-state index contributed by atoms with van der Waals surface area (Å²) in [6.45, 7) is 0.403. The molecule has 0 aliphatic carbocycles. The maximum absolute atomic E-state index is 9.53. The molecular formula is C13H11IO3. The van der Waals surface area contributed by atoms with Crippen molar-refractivity contribution in [3.8, 4) is 17.2 Å². The Morgan fingerprint density at radius 2 is 1.76 bits per heavy atom. The molecule has 0 aliphatic rings. The first-order valence-corrected chi connectivity index (χ1v) is 6.13. The van der Waals surface area contributed by atoms with Gasteiger partial charge in [0, 0.05) is 12.1 Å². The third kappa shape index (κ3) is 3.03. The van der Waals surface area contributed by atoms with Gasteiger partial charge in [0.2, 0.25) is 0 Å². The van der Waals surface area contributed by atoms with Crippen molar-refractivity contribution >= 4 is 22.6 Å². The van der Waals surface area contributed by atoms with Crippen LogP contribution in [-0.4, -0.2) is 10.2 Å². The van der Waals surface area contributed by atoms with Gasteiger partial charge in [0.15, 0.2) is 0 Å². The number of aromatic hydroxyl groups is 2. The fourth-order valence-corrected chi connectivity index (χ4v) is 1.88. The number of rotatable bonds is 3. The highest BCUT2D eigenvalue weighted by Gasteiger charge is 2.08. The molecular weight excluding hydrogens is 331 g/mol. The summed E-state index contributed by atoms with van der Waals surface area (Å²) < 4.78 is 6.15. The van der Waals surface area contributed by atoms with E-state index >= 15 is 0 Å². The third-order valence-electron chi connectivity index (χ3n) is 2.24. The van der Waals surface area contributed by atoms with Gasteiger partial charge in [-0.2, -0.15) is 0 Å². The summed E-state index contributed by atoms with van der Waals surface area (Å²) in [4.78, 5) is 0. The van der Waals surface area contributed by atoms with Crippen LogP contribution in [0.2, 0.25) is 0 Å². The van der Waals surface area contributed by atoms with E-state index in [1.165, 1.54) is 12.1 Å². The van der Waals surface area contributed by atoms with Gasteiger partial charge in [-0.25, -0.2) is 0 Å². The van der Waals surface area contributed by atoms with Crippen LogP contribution in [0.25, 0.3) is 0 Å². The largest absolute Gasteiger partial charge is 0.508 e. The van der Waals surface area contributed by atoms with Crippen LogP contribution >= 0.6 is 22.6 Å². The van der Waals surface area contributed by atoms with E-state index in [2.05, 4.69) is 0 Å². The van der Waals surface area contributed by atoms with Crippen LogP contribution in [0.4, 0.5) is 0 Å². The summed E-state index contributed by atoms with van der Waals surface area (Å²) in [7, 11) is 0. The Morgan fingerprint density at radius 1 is 1.06 bits per heavy atom. The highest BCUT2D eigenvalue weighted by molar-refractivity contribution is 14.1. The number of halogens is 1. The zero-order chi connectivity index (χ0) is 12.3. The Morgan fingerprint density at radius 3 is 2.47 bits per heavy atom. The molecule has 0 radical (unpaired) electrons. The van der Waals surface area contributed by atoms with Gasteiger partial charge in [0.1, 0.15) is 23.9 Å². The van der Waals surface area contributed by atoms with Gasteiger partial charge >= 0.3 is 0 Å². The molecule has 3 nitrogen and oxygen atoms in total. The third-order valence-corrected chi connectivity index (χ3v) is 3.33. The standard InChI is InChI=1S/C13H11IO3/c14-13-11(16)6-10(15)7-12(13)17-8-9-4-2-1-3-5-9/h1-7,15-16H,8H2. The lowest BCUT2D eigenvalue weighted by Crippen LogP contribution is -1.96. The molecule has 4 heteroatoms. The van der Waals surface area contributed by atoms with Crippen LogP contribution in [0.5, 0.6) is 17.2 Å². The van der Waals surface area contributed by atoms with Crippen LogP contribution in [0.1, 0.15) is 5.56 Å². The fourth-order valence-electron chi connectivity index (χ4n) is 1.41. The molecule has 0 heterocycles. The Labute approximate surface area is 113 Å². The number of ether oxygens (including phenoxy) is 1. The maximum Gasteiger partial charge on any atom is 0.140 e. The molecule has 2 aromatic carbocycles. The summed E-state index contributed by atoms with van der Waals surface area (Å²) in [6.07, 6.45) is 0. The van der Waals surface area contributed by atoms with Gasteiger partial charge in [-0.15, -0.1) is 0 Å². The van der Waals surface area contributed by atoms with E-state index in [1.807, 2.05) is 52.9 Å². The van der Waals surface area contributed by atoms with Crippen LogP contribution in [0.3, 0.4) is 0 Å². The quantitative estimate of drug-likeness (QED) is 0.842. The number of phenolic OH excluding ortho intramolecular Hbond substituents is 2. The molecule has 88 valence electrons. The van der Waals surface area contributed by atoms with Gasteiger partial charge in [0.05, 0.1) is 3.57 Å². The summed E-state index contributed by atoms with van der Waals surface area (Å²) >= 11 is 1.98. The van der Waals surface area contributed by atoms with Gasteiger partial charge in [-0.3, -0.25) is 0 Å². The van der Waals surface area contributed by atoms with Crippen molar-refractivity contribution in [3.63, 3.8) is 0 Å². The molecule has 0 amide bonds. The first-order chi connectivity index (χ1) is 8.16. The molecule has 0 fully saturated rings. The van der Waals surface area contributed by atoms with E-state index in [0.717, 1.165) is 5.56 Å². The minimum absolute atomic E-state index is 0.00835. The van der Waals surface area contributed by atoms with Crippen LogP contribution in [0.15, 0.2) is 42.5 Å². The van der Waals surface area contributed by atoms with Crippen LogP contribution < -0.4 is 4.74 Å². The van der Waals surface area contributed by atoms with E-state index in [1.54, 1.807) is 0 Å². The summed E-state index contributed by atoms with van der Waals surface area (Å²) in [5.41, 5.74) is 1.03. The summed E-state index contributed by atoms with van der Waals surface area (Å²) in [5.74, 6) is 0.492. The van der Waals surface area contributed by atoms with Crippen LogP contribution in [0, 0.1) is 3.57 Å². The van der Waals surface area contributed by atoms with E-state index in [4.69, 9.17) is 4.74 Å². The molecule has 2 aromatic rings. The molecule has 0 atom stereocenters. The first-order valence-electron chi connectivity index (χ1n) is 5.05. The monoisotopic (exact) mass is 342 g/mol. The Balaban J connectivity index is 2.14. The second-order valence-corrected chi connectivity index (χ2v) is 4.63. The average Bonchev–Trinajstić information content (AvgIpc) is 2.33. The molecule has 0 aliphatic heterocycles. The minimum Gasteiger partial charge on any atom is -0.508 e. The first kappa shape index (κ1) is 12.0. The molecule has 17 heavy (non-hydrogen) atoms. The van der Waals surface area contributed by atoms with Crippen molar-refractivity contribution in [1.82, 2.24) is 0 Å². The van der Waals surface area contributed by atoms with Crippen molar-refractivity contribution in [1.29, 1.82) is 0 Å². The maximum atomic E-state index is 9.53. The van der Waals surface area contributed by atoms with Crippen molar-refractivity contribution in [2.45, 2.75) is 6.61 Å². The number of phenols is 2. The van der Waals surface area contributed by atoms with E-state index in [-0.39, 0.29) is 11.5 Å². The zero-order valence-electron chi connectivity index (χ0n) is 8.93. The van der Waals surface area contributed by atoms with E-state index < -0.39 is 0 Å². The van der Waals surface area contributed by atoms with E-state index in [9.17, 15) is 10.2 Å². The van der Waals surface area contributed by atoms with Gasteiger partial charge in [0.25, 0.3) is 0 Å². The minimum atomic E-state index is -0.00835. The summed E-state index contributed by atoms with van der Waals surface area (Å²) in [6, 6.07) is 12.5. The van der Waals surface area contributed by atoms with Gasteiger partial charge in [-0.1, -0.05) is 30.3 Å². The molecule has 0 saturated heterocycles. The lowest BCUT2D eigenvalue weighted by atomic mass is 10.2. The molecule has 2 N–H and O–H groups in total. The smallest absolute Gasteiger partial charge is 0.140 e. The molecule has 0 unspecified atom stereocenters. The van der Waals surface area contributed by atoms with Crippen molar-refractivity contribution in [3.05, 3.63) is 51.6 Å². The molecule has 0 spiro atoms. The highest BCUT2D eigenvalue weighted by Crippen LogP contribution is 2.34. The Kier molecular flexibility index (Phi) is 3.73. The number of benzene rings is 2. The Bertz CT molecular complexity index is 512. The van der Waals surface area contributed by atoms with E-state index in [0.29, 0.717) is 15.9 Å². The van der Waals surface area contributed by atoms with Crippen molar-refractivity contribution in [2.75, 3.05) is 0 Å². The topological polar surface area (TPSA) is 49.7 Å². The van der Waals surface area contributed by atoms with Gasteiger partial charge < -0.3 is 14.9 Å².